The largest absolute Gasteiger partial charge is 0.485 e. The normalized spacial score (nSPS) is 15.9. The van der Waals surface area contributed by atoms with E-state index < -0.39 is 6.10 Å². The predicted octanol–water partition coefficient (Wildman–Crippen LogP) is 4.69. The molecule has 2 aromatic heterocycles. The van der Waals surface area contributed by atoms with E-state index in [2.05, 4.69) is 10.2 Å². The number of nitrogens with zero attached hydrogens (tertiary/aromatic N) is 3. The summed E-state index contributed by atoms with van der Waals surface area (Å²) in [6.07, 6.45) is -0.497. The van der Waals surface area contributed by atoms with Gasteiger partial charge in [-0.15, -0.1) is 10.2 Å². The minimum absolute atomic E-state index is 0.0268. The molecule has 35 heavy (non-hydrogen) atoms. The van der Waals surface area contributed by atoms with Crippen LogP contribution in [0.15, 0.2) is 58.2 Å². The Labute approximate surface area is 205 Å². The zero-order valence-electron chi connectivity index (χ0n) is 19.0. The van der Waals surface area contributed by atoms with Gasteiger partial charge in [-0.2, -0.15) is 0 Å². The van der Waals surface area contributed by atoms with Crippen LogP contribution in [0.4, 0.5) is 0 Å². The number of ketones is 1. The van der Waals surface area contributed by atoms with E-state index in [4.69, 9.17) is 23.4 Å². The van der Waals surface area contributed by atoms with Crippen LogP contribution in [0.2, 0.25) is 0 Å². The molecule has 0 aliphatic carbocycles. The summed E-state index contributed by atoms with van der Waals surface area (Å²) in [5.41, 5.74) is 3.36. The molecule has 0 amide bonds. The highest BCUT2D eigenvalue weighted by Gasteiger charge is 2.28. The number of carbonyl (C=O) groups excluding carboxylic acids is 1. The van der Waals surface area contributed by atoms with E-state index >= 15 is 0 Å². The number of para-hydroxylation sites is 2. The summed E-state index contributed by atoms with van der Waals surface area (Å²) in [5, 5.41) is 8.46. The minimum atomic E-state index is -0.497. The highest BCUT2D eigenvalue weighted by molar-refractivity contribution is 7.99. The Morgan fingerprint density at radius 2 is 1.80 bits per heavy atom. The van der Waals surface area contributed by atoms with E-state index in [1.165, 1.54) is 11.8 Å². The van der Waals surface area contributed by atoms with Crippen molar-refractivity contribution < 1.29 is 28.2 Å². The number of aromatic nitrogens is 3. The van der Waals surface area contributed by atoms with E-state index in [1.54, 1.807) is 0 Å². The molecule has 0 bridgehead atoms. The molecule has 0 saturated heterocycles. The first-order chi connectivity index (χ1) is 17.1. The molecule has 4 heterocycles. The van der Waals surface area contributed by atoms with E-state index in [0.717, 1.165) is 22.8 Å². The number of carbonyl (C=O) groups is 1. The van der Waals surface area contributed by atoms with Gasteiger partial charge in [0, 0.05) is 28.7 Å². The summed E-state index contributed by atoms with van der Waals surface area (Å²) in [6, 6.07) is 15.1. The van der Waals surface area contributed by atoms with Crippen molar-refractivity contribution in [2.24, 2.45) is 0 Å². The monoisotopic (exact) mass is 491 g/mol. The summed E-state index contributed by atoms with van der Waals surface area (Å²) < 4.78 is 30.3. The van der Waals surface area contributed by atoms with Gasteiger partial charge in [-0.1, -0.05) is 23.9 Å². The summed E-state index contributed by atoms with van der Waals surface area (Å²) in [4.78, 5) is 13.1. The number of thioether (sulfide) groups is 1. The van der Waals surface area contributed by atoms with Crippen molar-refractivity contribution in [1.82, 2.24) is 14.8 Å². The molecule has 4 aromatic rings. The van der Waals surface area contributed by atoms with Crippen molar-refractivity contribution >= 4 is 17.5 Å². The maximum absolute atomic E-state index is 13.1. The molecular weight excluding hydrogens is 470 g/mol. The molecule has 0 unspecified atom stereocenters. The number of aryl methyl sites for hydroxylation is 1. The molecule has 0 saturated carbocycles. The molecule has 178 valence electrons. The van der Waals surface area contributed by atoms with Gasteiger partial charge in [-0.25, -0.2) is 0 Å². The molecule has 0 spiro atoms. The Morgan fingerprint density at radius 1 is 1.00 bits per heavy atom. The third kappa shape index (κ3) is 3.99. The van der Waals surface area contributed by atoms with E-state index in [0.29, 0.717) is 33.9 Å². The van der Waals surface area contributed by atoms with Crippen LogP contribution in [0.3, 0.4) is 0 Å². The Kier molecular flexibility index (Phi) is 5.37. The lowest BCUT2D eigenvalue weighted by Gasteiger charge is -2.23. The van der Waals surface area contributed by atoms with Gasteiger partial charge in [0.25, 0.3) is 11.1 Å². The topological polar surface area (TPSA) is 97.8 Å². The van der Waals surface area contributed by atoms with Crippen molar-refractivity contribution in [3.8, 4) is 28.7 Å². The van der Waals surface area contributed by atoms with Crippen molar-refractivity contribution in [2.75, 3.05) is 19.2 Å². The van der Waals surface area contributed by atoms with Gasteiger partial charge in [0.05, 0.1) is 5.75 Å². The molecule has 2 aliphatic heterocycles. The zero-order valence-corrected chi connectivity index (χ0v) is 19.8. The lowest BCUT2D eigenvalue weighted by Crippen LogP contribution is -2.21. The van der Waals surface area contributed by atoms with Crippen LogP contribution < -0.4 is 18.9 Å². The predicted molar refractivity (Wildman–Crippen MR) is 126 cm³/mol. The molecule has 9 nitrogen and oxygen atoms in total. The first kappa shape index (κ1) is 21.6. The fourth-order valence-corrected chi connectivity index (χ4v) is 4.87. The van der Waals surface area contributed by atoms with Crippen LogP contribution in [-0.4, -0.2) is 39.7 Å². The maximum atomic E-state index is 13.1. The van der Waals surface area contributed by atoms with Gasteiger partial charge in [0.1, 0.15) is 6.61 Å². The minimum Gasteiger partial charge on any atom is -0.485 e. The van der Waals surface area contributed by atoms with Crippen molar-refractivity contribution in [3.63, 3.8) is 0 Å². The van der Waals surface area contributed by atoms with Crippen LogP contribution in [0.25, 0.3) is 5.69 Å². The number of ether oxygens (including phenoxy) is 4. The number of benzene rings is 2. The molecule has 0 radical (unpaired) electrons. The number of rotatable bonds is 6. The van der Waals surface area contributed by atoms with Crippen molar-refractivity contribution in [1.29, 1.82) is 0 Å². The van der Waals surface area contributed by atoms with Gasteiger partial charge in [0.15, 0.2) is 28.8 Å². The average Bonchev–Trinajstić information content (AvgIpc) is 3.61. The number of hydrogen-bond acceptors (Lipinski definition) is 9. The third-order valence-electron chi connectivity index (χ3n) is 5.88. The van der Waals surface area contributed by atoms with Gasteiger partial charge >= 0.3 is 0 Å². The first-order valence-electron chi connectivity index (χ1n) is 11.0. The zero-order chi connectivity index (χ0) is 23.9. The molecule has 0 fully saturated rings. The Bertz CT molecular complexity index is 1430. The molecule has 0 N–H and O–H groups in total. The van der Waals surface area contributed by atoms with Crippen LogP contribution in [0.1, 0.15) is 33.7 Å². The molecule has 6 rings (SSSR count). The van der Waals surface area contributed by atoms with Crippen molar-refractivity contribution in [2.45, 2.75) is 25.2 Å². The second kappa shape index (κ2) is 8.70. The Balaban J connectivity index is 1.14. The summed E-state index contributed by atoms with van der Waals surface area (Å²) >= 11 is 1.20. The summed E-state index contributed by atoms with van der Waals surface area (Å²) in [5.74, 6) is 3.18. The fraction of sp³-hybridized carbons (Fsp3) is 0.240. The van der Waals surface area contributed by atoms with Crippen LogP contribution in [0.5, 0.6) is 23.0 Å². The quantitative estimate of drug-likeness (QED) is 0.281. The van der Waals surface area contributed by atoms with Crippen LogP contribution in [-0.2, 0) is 0 Å². The number of fused-ring (bicyclic) bond motifs is 2. The maximum Gasteiger partial charge on any atom is 0.277 e. The molecule has 10 heteroatoms. The van der Waals surface area contributed by atoms with E-state index in [9.17, 15) is 4.79 Å². The second-order valence-electron chi connectivity index (χ2n) is 8.14. The lowest BCUT2D eigenvalue weighted by atomic mass is 10.2. The Morgan fingerprint density at radius 3 is 2.69 bits per heavy atom. The third-order valence-corrected chi connectivity index (χ3v) is 6.70. The fourth-order valence-electron chi connectivity index (χ4n) is 4.22. The molecule has 1 atom stereocenters. The van der Waals surface area contributed by atoms with Gasteiger partial charge in [-0.05, 0) is 44.2 Å². The summed E-state index contributed by atoms with van der Waals surface area (Å²) in [6.45, 7) is 4.39. The number of Topliss-reactive ketones (excluding diaryl/α,β-unsaturated/α-hetero) is 1. The smallest absolute Gasteiger partial charge is 0.277 e. The standard InChI is InChI=1S/C25H21N3O6S/c1-14-9-17(15(2)28(14)16-7-8-20-22(10-16)32-13-31-20)18(29)12-35-25-27-26-24(34-25)23-11-30-19-5-3-4-6-21(19)33-23/h3-10,23H,11-13H2,1-2H3/t23-/m1/s1. The highest BCUT2D eigenvalue weighted by Crippen LogP contribution is 2.37. The highest BCUT2D eigenvalue weighted by atomic mass is 32.2. The van der Waals surface area contributed by atoms with Gasteiger partial charge in [0.2, 0.25) is 12.9 Å². The lowest BCUT2D eigenvalue weighted by molar-refractivity contribution is 0.0686. The van der Waals surface area contributed by atoms with E-state index in [1.807, 2.05) is 66.9 Å². The number of hydrogen-bond donors (Lipinski definition) is 0. The van der Waals surface area contributed by atoms with Crippen LogP contribution in [0, 0.1) is 13.8 Å². The van der Waals surface area contributed by atoms with Gasteiger partial charge < -0.3 is 27.9 Å². The molecular formula is C25H21N3O6S. The Hall–Kier alpha value is -3.92. The molecule has 2 aliphatic rings. The van der Waals surface area contributed by atoms with Crippen LogP contribution >= 0.6 is 11.8 Å². The van der Waals surface area contributed by atoms with E-state index in [-0.39, 0.29) is 24.9 Å². The molecule has 2 aromatic carbocycles. The van der Waals surface area contributed by atoms with Gasteiger partial charge in [-0.3, -0.25) is 4.79 Å². The second-order valence-corrected chi connectivity index (χ2v) is 9.07. The van der Waals surface area contributed by atoms with Crippen molar-refractivity contribution in [3.05, 3.63) is 71.4 Å². The average molecular weight is 492 g/mol. The SMILES string of the molecule is Cc1cc(C(=O)CSc2nnc([C@H]3COc4ccccc4O3)o2)c(C)n1-c1ccc2c(c1)OCO2. The first-order valence-corrected chi connectivity index (χ1v) is 12.0. The summed E-state index contributed by atoms with van der Waals surface area (Å²) in [7, 11) is 0.